The van der Waals surface area contributed by atoms with Gasteiger partial charge < -0.3 is 5.73 Å². The topological polar surface area (TPSA) is 51.8 Å². The maximum atomic E-state index is 13.2. The number of benzene rings is 2. The SMILES string of the molecule is Nc1ccc(-c2nccnc2-c2ccc(F)cc2Cl)cc1. The third-order valence-corrected chi connectivity index (χ3v) is 3.38. The highest BCUT2D eigenvalue weighted by Crippen LogP contribution is 2.33. The van der Waals surface area contributed by atoms with Gasteiger partial charge in [-0.3, -0.25) is 9.97 Å². The molecule has 0 radical (unpaired) electrons. The lowest BCUT2D eigenvalue weighted by atomic mass is 10.0. The number of anilines is 1. The van der Waals surface area contributed by atoms with Crippen LogP contribution in [0.3, 0.4) is 0 Å². The van der Waals surface area contributed by atoms with Crippen LogP contribution >= 0.6 is 11.6 Å². The molecule has 3 rings (SSSR count). The number of hydrogen-bond donors (Lipinski definition) is 1. The Morgan fingerprint density at radius 3 is 2.24 bits per heavy atom. The van der Waals surface area contributed by atoms with E-state index in [-0.39, 0.29) is 5.82 Å². The zero-order valence-corrected chi connectivity index (χ0v) is 11.7. The van der Waals surface area contributed by atoms with E-state index in [0.29, 0.717) is 27.7 Å². The molecule has 0 unspecified atom stereocenters. The molecule has 104 valence electrons. The molecule has 0 atom stereocenters. The number of halogens is 2. The Morgan fingerprint density at radius 1 is 0.905 bits per heavy atom. The van der Waals surface area contributed by atoms with E-state index in [1.165, 1.54) is 12.1 Å². The van der Waals surface area contributed by atoms with Gasteiger partial charge in [-0.05, 0) is 30.3 Å². The summed E-state index contributed by atoms with van der Waals surface area (Å²) in [4.78, 5) is 8.70. The summed E-state index contributed by atoms with van der Waals surface area (Å²) in [6.07, 6.45) is 3.18. The third kappa shape index (κ3) is 2.71. The molecule has 0 saturated heterocycles. The van der Waals surface area contributed by atoms with Gasteiger partial charge in [0, 0.05) is 29.2 Å². The van der Waals surface area contributed by atoms with Crippen molar-refractivity contribution in [2.75, 3.05) is 5.73 Å². The number of rotatable bonds is 2. The van der Waals surface area contributed by atoms with Crippen LogP contribution < -0.4 is 5.73 Å². The van der Waals surface area contributed by atoms with E-state index in [4.69, 9.17) is 17.3 Å². The maximum absolute atomic E-state index is 13.2. The Balaban J connectivity index is 2.18. The molecule has 0 aliphatic carbocycles. The second-order valence-electron chi connectivity index (χ2n) is 4.50. The quantitative estimate of drug-likeness (QED) is 0.722. The molecule has 0 aliphatic heterocycles. The molecule has 1 aromatic heterocycles. The van der Waals surface area contributed by atoms with Crippen LogP contribution in [0.15, 0.2) is 54.9 Å². The minimum atomic E-state index is -0.387. The highest BCUT2D eigenvalue weighted by Gasteiger charge is 2.13. The van der Waals surface area contributed by atoms with Gasteiger partial charge in [-0.1, -0.05) is 23.7 Å². The van der Waals surface area contributed by atoms with Gasteiger partial charge in [-0.2, -0.15) is 0 Å². The van der Waals surface area contributed by atoms with Crippen molar-refractivity contribution in [2.24, 2.45) is 0 Å². The minimum absolute atomic E-state index is 0.298. The third-order valence-electron chi connectivity index (χ3n) is 3.07. The van der Waals surface area contributed by atoms with Crippen LogP contribution in [-0.2, 0) is 0 Å². The predicted molar refractivity (Wildman–Crippen MR) is 82.3 cm³/mol. The molecule has 21 heavy (non-hydrogen) atoms. The Morgan fingerprint density at radius 2 is 1.57 bits per heavy atom. The second kappa shape index (κ2) is 5.50. The van der Waals surface area contributed by atoms with Gasteiger partial charge in [0.25, 0.3) is 0 Å². The van der Waals surface area contributed by atoms with Crippen LogP contribution in [0, 0.1) is 5.82 Å². The summed E-state index contributed by atoms with van der Waals surface area (Å²) in [5, 5.41) is 0.298. The average molecular weight is 300 g/mol. The fourth-order valence-electron chi connectivity index (χ4n) is 2.07. The van der Waals surface area contributed by atoms with Gasteiger partial charge in [0.15, 0.2) is 0 Å². The lowest BCUT2D eigenvalue weighted by molar-refractivity contribution is 0.628. The molecule has 2 aromatic carbocycles. The van der Waals surface area contributed by atoms with Crippen LogP contribution in [-0.4, -0.2) is 9.97 Å². The normalized spacial score (nSPS) is 10.6. The minimum Gasteiger partial charge on any atom is -0.399 e. The first-order chi connectivity index (χ1) is 10.1. The van der Waals surface area contributed by atoms with Crippen LogP contribution in [0.5, 0.6) is 0 Å². The van der Waals surface area contributed by atoms with Crippen LogP contribution in [0.4, 0.5) is 10.1 Å². The summed E-state index contributed by atoms with van der Waals surface area (Å²) in [5.74, 6) is -0.387. The number of nitrogen functional groups attached to an aromatic ring is 1. The van der Waals surface area contributed by atoms with Crippen molar-refractivity contribution in [3.8, 4) is 22.5 Å². The first-order valence-corrected chi connectivity index (χ1v) is 6.65. The van der Waals surface area contributed by atoms with Crippen molar-refractivity contribution in [1.29, 1.82) is 0 Å². The Bertz CT molecular complexity index is 788. The van der Waals surface area contributed by atoms with Gasteiger partial charge >= 0.3 is 0 Å². The lowest BCUT2D eigenvalue weighted by Gasteiger charge is -2.09. The molecular formula is C16H11ClFN3. The summed E-state index contributed by atoms with van der Waals surface area (Å²) in [6, 6.07) is 11.5. The highest BCUT2D eigenvalue weighted by atomic mass is 35.5. The monoisotopic (exact) mass is 299 g/mol. The fraction of sp³-hybridized carbons (Fsp3) is 0. The van der Waals surface area contributed by atoms with E-state index >= 15 is 0 Å². The fourth-order valence-corrected chi connectivity index (χ4v) is 2.33. The zero-order valence-electron chi connectivity index (χ0n) is 10.9. The van der Waals surface area contributed by atoms with Crippen molar-refractivity contribution < 1.29 is 4.39 Å². The van der Waals surface area contributed by atoms with E-state index < -0.39 is 0 Å². The smallest absolute Gasteiger partial charge is 0.124 e. The largest absolute Gasteiger partial charge is 0.399 e. The summed E-state index contributed by atoms with van der Waals surface area (Å²) >= 11 is 6.12. The standard InChI is InChI=1S/C16H11ClFN3/c17-14-9-11(18)3-6-13(14)16-15(20-7-8-21-16)10-1-4-12(19)5-2-10/h1-9H,19H2. The summed E-state index contributed by atoms with van der Waals surface area (Å²) in [5.41, 5.74) is 9.15. The number of nitrogens with two attached hydrogens (primary N) is 1. The van der Waals surface area contributed by atoms with E-state index in [1.54, 1.807) is 30.6 Å². The van der Waals surface area contributed by atoms with E-state index in [2.05, 4.69) is 9.97 Å². The molecule has 0 spiro atoms. The van der Waals surface area contributed by atoms with Crippen molar-refractivity contribution in [3.05, 3.63) is 65.7 Å². The van der Waals surface area contributed by atoms with Crippen molar-refractivity contribution >= 4 is 17.3 Å². The molecule has 0 saturated carbocycles. The summed E-state index contributed by atoms with van der Waals surface area (Å²) < 4.78 is 13.2. The molecule has 3 nitrogen and oxygen atoms in total. The van der Waals surface area contributed by atoms with E-state index in [0.717, 1.165) is 5.56 Å². The summed E-state index contributed by atoms with van der Waals surface area (Å²) in [7, 11) is 0. The molecule has 3 aromatic rings. The van der Waals surface area contributed by atoms with Gasteiger partial charge in [-0.25, -0.2) is 4.39 Å². The Kier molecular flexibility index (Phi) is 3.54. The Hall–Kier alpha value is -2.46. The molecule has 5 heteroatoms. The molecule has 0 amide bonds. The maximum Gasteiger partial charge on any atom is 0.124 e. The van der Waals surface area contributed by atoms with Gasteiger partial charge in [0.2, 0.25) is 0 Å². The number of hydrogen-bond acceptors (Lipinski definition) is 3. The number of nitrogens with zero attached hydrogens (tertiary/aromatic N) is 2. The average Bonchev–Trinajstić information content (AvgIpc) is 2.48. The molecule has 0 aliphatic rings. The van der Waals surface area contributed by atoms with Gasteiger partial charge in [0.1, 0.15) is 5.82 Å². The van der Waals surface area contributed by atoms with Crippen molar-refractivity contribution in [2.45, 2.75) is 0 Å². The highest BCUT2D eigenvalue weighted by molar-refractivity contribution is 6.33. The van der Waals surface area contributed by atoms with Crippen LogP contribution in [0.2, 0.25) is 5.02 Å². The molecule has 1 heterocycles. The van der Waals surface area contributed by atoms with E-state index in [1.807, 2.05) is 12.1 Å². The second-order valence-corrected chi connectivity index (χ2v) is 4.91. The molecule has 0 bridgehead atoms. The summed E-state index contributed by atoms with van der Waals surface area (Å²) in [6.45, 7) is 0. The lowest BCUT2D eigenvalue weighted by Crippen LogP contribution is -1.94. The van der Waals surface area contributed by atoms with E-state index in [9.17, 15) is 4.39 Å². The van der Waals surface area contributed by atoms with Crippen molar-refractivity contribution in [3.63, 3.8) is 0 Å². The first-order valence-electron chi connectivity index (χ1n) is 6.27. The van der Waals surface area contributed by atoms with Gasteiger partial charge in [0.05, 0.1) is 16.4 Å². The molecule has 2 N–H and O–H groups in total. The number of aromatic nitrogens is 2. The van der Waals surface area contributed by atoms with Crippen LogP contribution in [0.1, 0.15) is 0 Å². The predicted octanol–water partition coefficient (Wildman–Crippen LogP) is 4.19. The van der Waals surface area contributed by atoms with Crippen molar-refractivity contribution in [1.82, 2.24) is 9.97 Å². The Labute approximate surface area is 126 Å². The van der Waals surface area contributed by atoms with Gasteiger partial charge in [-0.15, -0.1) is 0 Å². The molecule has 0 fully saturated rings. The van der Waals surface area contributed by atoms with Crippen LogP contribution in [0.25, 0.3) is 22.5 Å². The zero-order chi connectivity index (χ0) is 14.8. The first kappa shape index (κ1) is 13.5. The molecular weight excluding hydrogens is 289 g/mol.